The predicted octanol–water partition coefficient (Wildman–Crippen LogP) is 3.13. The van der Waals surface area contributed by atoms with Gasteiger partial charge in [-0.1, -0.05) is 13.0 Å². The Balaban J connectivity index is 2.31. The maximum atomic E-state index is 13.3. The summed E-state index contributed by atoms with van der Waals surface area (Å²) in [6, 6.07) is 5.99. The lowest BCUT2D eigenvalue weighted by atomic mass is 9.96. The molecule has 0 aliphatic carbocycles. The molecule has 1 heterocycles. The van der Waals surface area contributed by atoms with Crippen molar-refractivity contribution >= 4 is 0 Å². The van der Waals surface area contributed by atoms with Crippen molar-refractivity contribution in [3.05, 3.63) is 58.4 Å². The molecule has 0 radical (unpaired) electrons. The van der Waals surface area contributed by atoms with E-state index in [2.05, 4.69) is 15.5 Å². The number of nitrogens with one attached hydrogen (secondary N) is 1. The second-order valence-electron chi connectivity index (χ2n) is 5.04. The molecule has 1 aromatic carbocycles. The number of nitrogens with zero attached hydrogens (tertiary/aromatic N) is 2. The summed E-state index contributed by atoms with van der Waals surface area (Å²) >= 11 is 0. The Kier molecular flexibility index (Phi) is 4.96. The fraction of sp³-hybridized carbons (Fsp3) is 0.375. The minimum absolute atomic E-state index is 0.0148. The van der Waals surface area contributed by atoms with Crippen LogP contribution in [0, 0.1) is 18.6 Å². The second kappa shape index (κ2) is 6.72. The van der Waals surface area contributed by atoms with Crippen molar-refractivity contribution in [3.63, 3.8) is 0 Å². The molecule has 3 nitrogen and oxygen atoms in total. The van der Waals surface area contributed by atoms with Crippen LogP contribution in [0.4, 0.5) is 8.78 Å². The molecule has 5 heteroatoms. The van der Waals surface area contributed by atoms with Gasteiger partial charge in [-0.15, -0.1) is 0 Å². The van der Waals surface area contributed by atoms with E-state index in [9.17, 15) is 8.78 Å². The highest BCUT2D eigenvalue weighted by atomic mass is 19.2. The number of likely N-dealkylation sites (N-methyl/N-ethyl adjacent to an activating group) is 1. The molecule has 1 unspecified atom stereocenters. The molecule has 1 N–H and O–H groups in total. The number of aromatic nitrogens is 2. The van der Waals surface area contributed by atoms with Gasteiger partial charge in [0.2, 0.25) is 0 Å². The van der Waals surface area contributed by atoms with Crippen molar-refractivity contribution in [1.82, 2.24) is 15.5 Å². The summed E-state index contributed by atoms with van der Waals surface area (Å²) in [5, 5.41) is 11.5. The standard InChI is InChI=1S/C16H19F2N3/c1-4-15-12(7-10(2)20-21-15)16(19-3)9-11-5-6-13(17)14(18)8-11/h5-8,16,19H,4,9H2,1-3H3. The zero-order valence-electron chi connectivity index (χ0n) is 12.5. The van der Waals surface area contributed by atoms with E-state index in [1.54, 1.807) is 6.07 Å². The number of hydrogen-bond acceptors (Lipinski definition) is 3. The number of halogens is 2. The summed E-state index contributed by atoms with van der Waals surface area (Å²) in [6.07, 6.45) is 1.34. The second-order valence-corrected chi connectivity index (χ2v) is 5.04. The summed E-state index contributed by atoms with van der Waals surface area (Å²) < 4.78 is 26.3. The van der Waals surface area contributed by atoms with E-state index >= 15 is 0 Å². The van der Waals surface area contributed by atoms with Crippen LogP contribution in [0.3, 0.4) is 0 Å². The van der Waals surface area contributed by atoms with Crippen molar-refractivity contribution in [2.75, 3.05) is 7.05 Å². The fourth-order valence-electron chi connectivity index (χ4n) is 2.38. The van der Waals surface area contributed by atoms with Gasteiger partial charge in [0.05, 0.1) is 11.4 Å². The molecule has 2 rings (SSSR count). The van der Waals surface area contributed by atoms with E-state index < -0.39 is 11.6 Å². The van der Waals surface area contributed by atoms with E-state index in [4.69, 9.17) is 0 Å². The predicted molar refractivity (Wildman–Crippen MR) is 78.0 cm³/mol. The number of hydrogen-bond donors (Lipinski definition) is 1. The van der Waals surface area contributed by atoms with Gasteiger partial charge in [-0.05, 0) is 56.1 Å². The average Bonchev–Trinajstić information content (AvgIpc) is 2.48. The van der Waals surface area contributed by atoms with E-state index in [1.807, 2.05) is 27.0 Å². The highest BCUT2D eigenvalue weighted by molar-refractivity contribution is 5.28. The van der Waals surface area contributed by atoms with E-state index in [-0.39, 0.29) is 6.04 Å². The maximum absolute atomic E-state index is 13.3. The molecule has 21 heavy (non-hydrogen) atoms. The van der Waals surface area contributed by atoms with Gasteiger partial charge in [-0.25, -0.2) is 8.78 Å². The van der Waals surface area contributed by atoms with Gasteiger partial charge in [0.15, 0.2) is 11.6 Å². The first-order valence-electron chi connectivity index (χ1n) is 6.99. The molecule has 0 aliphatic rings. The summed E-state index contributed by atoms with van der Waals surface area (Å²) in [4.78, 5) is 0. The van der Waals surface area contributed by atoms with Gasteiger partial charge in [0.1, 0.15) is 0 Å². The first-order valence-corrected chi connectivity index (χ1v) is 6.99. The van der Waals surface area contributed by atoms with Crippen molar-refractivity contribution in [1.29, 1.82) is 0 Å². The summed E-state index contributed by atoms with van der Waals surface area (Å²) in [7, 11) is 1.85. The van der Waals surface area contributed by atoms with Gasteiger partial charge in [0, 0.05) is 6.04 Å². The molecule has 1 atom stereocenters. The average molecular weight is 291 g/mol. The molecule has 0 aliphatic heterocycles. The quantitative estimate of drug-likeness (QED) is 0.919. The van der Waals surface area contributed by atoms with Gasteiger partial charge in [0.25, 0.3) is 0 Å². The highest BCUT2D eigenvalue weighted by Gasteiger charge is 2.16. The summed E-state index contributed by atoms with van der Waals surface area (Å²) in [6.45, 7) is 3.91. The van der Waals surface area contributed by atoms with Gasteiger partial charge in [-0.3, -0.25) is 0 Å². The zero-order valence-corrected chi connectivity index (χ0v) is 12.5. The Hall–Kier alpha value is -1.88. The number of benzene rings is 1. The van der Waals surface area contributed by atoms with Crippen LogP contribution >= 0.6 is 0 Å². The lowest BCUT2D eigenvalue weighted by Crippen LogP contribution is -2.21. The molecular weight excluding hydrogens is 272 g/mol. The van der Waals surface area contributed by atoms with E-state index in [1.165, 1.54) is 6.07 Å². The molecule has 0 bridgehead atoms. The van der Waals surface area contributed by atoms with Gasteiger partial charge < -0.3 is 5.32 Å². The monoisotopic (exact) mass is 291 g/mol. The molecule has 0 saturated carbocycles. The lowest BCUT2D eigenvalue weighted by Gasteiger charge is -2.19. The number of aryl methyl sites for hydroxylation is 2. The normalized spacial score (nSPS) is 12.4. The van der Waals surface area contributed by atoms with Crippen molar-refractivity contribution in [3.8, 4) is 0 Å². The van der Waals surface area contributed by atoms with Crippen LogP contribution in [0.1, 0.15) is 35.5 Å². The van der Waals surface area contributed by atoms with Crippen molar-refractivity contribution in [2.45, 2.75) is 32.7 Å². The van der Waals surface area contributed by atoms with Gasteiger partial charge >= 0.3 is 0 Å². The van der Waals surface area contributed by atoms with Crippen LogP contribution in [0.25, 0.3) is 0 Å². The van der Waals surface area contributed by atoms with Crippen LogP contribution < -0.4 is 5.32 Å². The Bertz CT molecular complexity index is 629. The molecule has 112 valence electrons. The molecule has 0 spiro atoms. The third-order valence-corrected chi connectivity index (χ3v) is 3.51. The van der Waals surface area contributed by atoms with E-state index in [0.717, 1.165) is 35.0 Å². The smallest absolute Gasteiger partial charge is 0.159 e. The minimum Gasteiger partial charge on any atom is -0.313 e. The third-order valence-electron chi connectivity index (χ3n) is 3.51. The Morgan fingerprint density at radius 1 is 1.14 bits per heavy atom. The highest BCUT2D eigenvalue weighted by Crippen LogP contribution is 2.22. The first kappa shape index (κ1) is 15.5. The van der Waals surface area contributed by atoms with Crippen LogP contribution in [0.2, 0.25) is 0 Å². The van der Waals surface area contributed by atoms with Crippen LogP contribution in [0.15, 0.2) is 24.3 Å². The summed E-state index contributed by atoms with van der Waals surface area (Å²) in [5.41, 5.74) is 3.55. The zero-order chi connectivity index (χ0) is 15.4. The third kappa shape index (κ3) is 3.61. The first-order chi connectivity index (χ1) is 10.0. The lowest BCUT2D eigenvalue weighted by molar-refractivity contribution is 0.504. The molecule has 1 aromatic heterocycles. The maximum Gasteiger partial charge on any atom is 0.159 e. The fourth-order valence-corrected chi connectivity index (χ4v) is 2.38. The largest absolute Gasteiger partial charge is 0.313 e. The van der Waals surface area contributed by atoms with Crippen LogP contribution in [-0.4, -0.2) is 17.2 Å². The SMILES string of the molecule is CCc1nnc(C)cc1C(Cc1ccc(F)c(F)c1)NC. The molecular formula is C16H19F2N3. The van der Waals surface area contributed by atoms with Gasteiger partial charge in [-0.2, -0.15) is 10.2 Å². The molecule has 0 amide bonds. The topological polar surface area (TPSA) is 37.8 Å². The molecule has 0 saturated heterocycles. The van der Waals surface area contributed by atoms with Crippen LogP contribution in [0.5, 0.6) is 0 Å². The summed E-state index contributed by atoms with van der Waals surface area (Å²) in [5.74, 6) is -1.64. The Morgan fingerprint density at radius 2 is 1.90 bits per heavy atom. The Morgan fingerprint density at radius 3 is 2.52 bits per heavy atom. The van der Waals surface area contributed by atoms with Crippen molar-refractivity contribution in [2.24, 2.45) is 0 Å². The van der Waals surface area contributed by atoms with E-state index in [0.29, 0.717) is 6.42 Å². The minimum atomic E-state index is -0.824. The van der Waals surface area contributed by atoms with Crippen molar-refractivity contribution < 1.29 is 8.78 Å². The molecule has 0 fully saturated rings. The van der Waals surface area contributed by atoms with Crippen LogP contribution in [-0.2, 0) is 12.8 Å². The Labute approximate surface area is 123 Å². The number of rotatable bonds is 5. The molecule has 2 aromatic rings.